The summed E-state index contributed by atoms with van der Waals surface area (Å²) in [6, 6.07) is 10.8. The van der Waals surface area contributed by atoms with Gasteiger partial charge in [0.25, 0.3) is 5.69 Å². The highest BCUT2D eigenvalue weighted by Crippen LogP contribution is 2.55. The van der Waals surface area contributed by atoms with Crippen LogP contribution in [0.2, 0.25) is 0 Å². The second kappa shape index (κ2) is 4.80. The van der Waals surface area contributed by atoms with E-state index < -0.39 is 0 Å². The maximum Gasteiger partial charge on any atom is 0.290 e. The van der Waals surface area contributed by atoms with Gasteiger partial charge in [0.2, 0.25) is 0 Å². The molecule has 1 N–H and O–H groups in total. The summed E-state index contributed by atoms with van der Waals surface area (Å²) in [5, 5.41) is 14.3. The van der Waals surface area contributed by atoms with E-state index in [-0.39, 0.29) is 10.6 Å². The largest absolute Gasteiger partial charge is 0.366 e. The van der Waals surface area contributed by atoms with Crippen molar-refractivity contribution in [3.63, 3.8) is 0 Å². The molecule has 22 heavy (non-hydrogen) atoms. The Bertz CT molecular complexity index is 759. The lowest BCUT2D eigenvalue weighted by Gasteiger charge is -2.13. The number of fused-ring (bicyclic) bond motifs is 3. The van der Waals surface area contributed by atoms with Gasteiger partial charge in [0.1, 0.15) is 12.0 Å². The number of benzene rings is 1. The van der Waals surface area contributed by atoms with E-state index in [9.17, 15) is 10.1 Å². The summed E-state index contributed by atoms with van der Waals surface area (Å²) in [5.74, 6) is 1.95. The molecule has 4 rings (SSSR count). The van der Waals surface area contributed by atoms with Crippen LogP contribution in [0, 0.1) is 23.0 Å². The molecule has 1 fully saturated rings. The molecule has 0 amide bonds. The normalized spacial score (nSPS) is 25.0. The SMILES string of the molecule is Cc1cc(NC2C3CCc4ccccc4C32)ncc1[N+](=O)[O-]. The Morgan fingerprint density at radius 3 is 2.95 bits per heavy atom. The number of nitro groups is 1. The quantitative estimate of drug-likeness (QED) is 0.695. The standard InChI is InChI=1S/C17H17N3O2/c1-10-8-15(18-9-14(10)20(21)22)19-17-13-7-6-11-4-2-3-5-12(11)16(13)17/h2-5,8-9,13,16-17H,6-7H2,1H3,(H,18,19). The smallest absolute Gasteiger partial charge is 0.290 e. The first-order valence-corrected chi connectivity index (χ1v) is 7.60. The molecule has 3 unspecified atom stereocenters. The Morgan fingerprint density at radius 2 is 2.18 bits per heavy atom. The lowest BCUT2D eigenvalue weighted by molar-refractivity contribution is -0.385. The van der Waals surface area contributed by atoms with Gasteiger partial charge in [0.15, 0.2) is 0 Å². The molecule has 0 saturated heterocycles. The van der Waals surface area contributed by atoms with Crippen LogP contribution in [0.15, 0.2) is 36.5 Å². The monoisotopic (exact) mass is 295 g/mol. The summed E-state index contributed by atoms with van der Waals surface area (Å²) < 4.78 is 0. The van der Waals surface area contributed by atoms with Crippen molar-refractivity contribution in [2.75, 3.05) is 5.32 Å². The van der Waals surface area contributed by atoms with E-state index >= 15 is 0 Å². The molecule has 5 heteroatoms. The highest BCUT2D eigenvalue weighted by molar-refractivity contribution is 5.51. The van der Waals surface area contributed by atoms with E-state index in [0.29, 0.717) is 23.4 Å². The van der Waals surface area contributed by atoms with Gasteiger partial charge in [-0.05, 0) is 42.9 Å². The summed E-state index contributed by atoms with van der Waals surface area (Å²) in [7, 11) is 0. The lowest BCUT2D eigenvalue weighted by Crippen LogP contribution is -2.07. The molecule has 1 saturated carbocycles. The highest BCUT2D eigenvalue weighted by atomic mass is 16.6. The number of nitrogens with zero attached hydrogens (tertiary/aromatic N) is 2. The maximum atomic E-state index is 10.9. The number of aryl methyl sites for hydroxylation is 2. The van der Waals surface area contributed by atoms with Gasteiger partial charge in [-0.1, -0.05) is 24.3 Å². The van der Waals surface area contributed by atoms with Gasteiger partial charge in [0.05, 0.1) is 4.92 Å². The molecule has 3 atom stereocenters. The van der Waals surface area contributed by atoms with E-state index in [4.69, 9.17) is 0 Å². The molecule has 0 aliphatic heterocycles. The first-order chi connectivity index (χ1) is 10.6. The fraction of sp³-hybridized carbons (Fsp3) is 0.353. The average molecular weight is 295 g/mol. The molecule has 1 aromatic heterocycles. The van der Waals surface area contributed by atoms with Crippen molar-refractivity contribution in [3.05, 3.63) is 63.3 Å². The average Bonchev–Trinajstić information content (AvgIpc) is 3.20. The molecule has 0 radical (unpaired) electrons. The van der Waals surface area contributed by atoms with Crippen molar-refractivity contribution in [2.24, 2.45) is 5.92 Å². The number of aromatic nitrogens is 1. The number of rotatable bonds is 3. The van der Waals surface area contributed by atoms with Crippen LogP contribution in [-0.2, 0) is 6.42 Å². The summed E-state index contributed by atoms with van der Waals surface area (Å²) >= 11 is 0. The Balaban J connectivity index is 1.55. The van der Waals surface area contributed by atoms with Crippen molar-refractivity contribution < 1.29 is 4.92 Å². The molecular formula is C17H17N3O2. The van der Waals surface area contributed by atoms with E-state index in [1.54, 1.807) is 13.0 Å². The number of hydrogen-bond acceptors (Lipinski definition) is 4. The van der Waals surface area contributed by atoms with Gasteiger partial charge in [-0.3, -0.25) is 10.1 Å². The van der Waals surface area contributed by atoms with Crippen molar-refractivity contribution in [1.82, 2.24) is 4.98 Å². The minimum absolute atomic E-state index is 0.0732. The van der Waals surface area contributed by atoms with E-state index in [0.717, 1.165) is 12.2 Å². The number of pyridine rings is 1. The van der Waals surface area contributed by atoms with Gasteiger partial charge in [-0.15, -0.1) is 0 Å². The Kier molecular flexibility index (Phi) is 2.89. The van der Waals surface area contributed by atoms with Crippen LogP contribution < -0.4 is 5.32 Å². The zero-order valence-electron chi connectivity index (χ0n) is 12.3. The van der Waals surface area contributed by atoms with Gasteiger partial charge < -0.3 is 5.32 Å². The zero-order chi connectivity index (χ0) is 15.3. The van der Waals surface area contributed by atoms with Crippen molar-refractivity contribution in [2.45, 2.75) is 31.7 Å². The van der Waals surface area contributed by atoms with Crippen LogP contribution in [0.3, 0.4) is 0 Å². The van der Waals surface area contributed by atoms with Gasteiger partial charge in [-0.2, -0.15) is 0 Å². The number of anilines is 1. The van der Waals surface area contributed by atoms with E-state index in [2.05, 4.69) is 34.6 Å². The zero-order valence-corrected chi connectivity index (χ0v) is 12.3. The minimum atomic E-state index is -0.390. The third kappa shape index (κ3) is 2.04. The van der Waals surface area contributed by atoms with Crippen LogP contribution in [0.25, 0.3) is 0 Å². The van der Waals surface area contributed by atoms with E-state index in [1.165, 1.54) is 23.7 Å². The summed E-state index contributed by atoms with van der Waals surface area (Å²) in [6.45, 7) is 1.75. The summed E-state index contributed by atoms with van der Waals surface area (Å²) in [4.78, 5) is 14.7. The third-order valence-electron chi connectivity index (χ3n) is 4.92. The van der Waals surface area contributed by atoms with Crippen LogP contribution in [0.5, 0.6) is 0 Å². The van der Waals surface area contributed by atoms with Crippen molar-refractivity contribution >= 4 is 11.5 Å². The molecule has 1 aromatic carbocycles. The molecule has 2 aliphatic rings. The Morgan fingerprint density at radius 1 is 1.36 bits per heavy atom. The molecule has 5 nitrogen and oxygen atoms in total. The van der Waals surface area contributed by atoms with Crippen LogP contribution >= 0.6 is 0 Å². The molecule has 2 aromatic rings. The van der Waals surface area contributed by atoms with Crippen molar-refractivity contribution in [1.29, 1.82) is 0 Å². The molecule has 2 aliphatic carbocycles. The first-order valence-electron chi connectivity index (χ1n) is 7.60. The Labute approximate surface area is 128 Å². The summed E-state index contributed by atoms with van der Waals surface area (Å²) in [6.07, 6.45) is 3.69. The predicted octanol–water partition coefficient (Wildman–Crippen LogP) is 3.44. The fourth-order valence-electron chi connectivity index (χ4n) is 3.75. The predicted molar refractivity (Wildman–Crippen MR) is 84.0 cm³/mol. The molecular weight excluding hydrogens is 278 g/mol. The highest BCUT2D eigenvalue weighted by Gasteiger charge is 2.53. The lowest BCUT2D eigenvalue weighted by atomic mass is 9.92. The number of nitrogens with one attached hydrogen (secondary N) is 1. The molecule has 0 bridgehead atoms. The van der Waals surface area contributed by atoms with Crippen molar-refractivity contribution in [3.8, 4) is 0 Å². The first kappa shape index (κ1) is 13.2. The fourth-order valence-corrected chi connectivity index (χ4v) is 3.75. The van der Waals surface area contributed by atoms with Gasteiger partial charge >= 0.3 is 0 Å². The van der Waals surface area contributed by atoms with Crippen LogP contribution in [0.4, 0.5) is 11.5 Å². The van der Waals surface area contributed by atoms with Gasteiger partial charge in [-0.25, -0.2) is 4.98 Å². The topological polar surface area (TPSA) is 68.1 Å². The summed E-state index contributed by atoms with van der Waals surface area (Å²) in [5.41, 5.74) is 3.63. The van der Waals surface area contributed by atoms with Crippen LogP contribution in [-0.4, -0.2) is 15.9 Å². The minimum Gasteiger partial charge on any atom is -0.366 e. The van der Waals surface area contributed by atoms with Gasteiger partial charge in [0, 0.05) is 17.5 Å². The van der Waals surface area contributed by atoms with Crippen LogP contribution in [0.1, 0.15) is 29.0 Å². The van der Waals surface area contributed by atoms with E-state index in [1.807, 2.05) is 0 Å². The second-order valence-corrected chi connectivity index (χ2v) is 6.21. The molecule has 1 heterocycles. The molecule has 112 valence electrons. The molecule has 0 spiro atoms. The second-order valence-electron chi connectivity index (χ2n) is 6.21. The third-order valence-corrected chi connectivity index (χ3v) is 4.92. The number of hydrogen-bond donors (Lipinski definition) is 1. The Hall–Kier alpha value is -2.43. The maximum absolute atomic E-state index is 10.9.